The number of likely N-dealkylation sites (N-methyl/N-ethyl adjacent to an activating group) is 1. The summed E-state index contributed by atoms with van der Waals surface area (Å²) in [5.74, 6) is 0.997. The Morgan fingerprint density at radius 3 is 2.58 bits per heavy atom. The highest BCUT2D eigenvalue weighted by molar-refractivity contribution is 9.10. The molecule has 0 atom stereocenters. The van der Waals surface area contributed by atoms with Crippen LogP contribution in [-0.2, 0) is 0 Å². The van der Waals surface area contributed by atoms with Crippen LogP contribution in [0.2, 0.25) is 5.02 Å². The highest BCUT2D eigenvalue weighted by Gasteiger charge is 2.19. The van der Waals surface area contributed by atoms with Crippen LogP contribution < -0.4 is 4.90 Å². The number of anilines is 1. The molecule has 1 saturated heterocycles. The highest BCUT2D eigenvalue weighted by atomic mass is 79.9. The molecule has 0 radical (unpaired) electrons. The molecule has 0 amide bonds. The Morgan fingerprint density at radius 1 is 1.32 bits per heavy atom. The van der Waals surface area contributed by atoms with Gasteiger partial charge in [-0.2, -0.15) is 0 Å². The summed E-state index contributed by atoms with van der Waals surface area (Å²) in [5.41, 5.74) is 0. The summed E-state index contributed by atoms with van der Waals surface area (Å²) in [5, 5.41) is 0.667. The molecule has 0 aromatic carbocycles. The van der Waals surface area contributed by atoms with Crippen molar-refractivity contribution in [2.24, 2.45) is 0 Å². The molecule has 1 aliphatic heterocycles. The molecule has 0 aliphatic carbocycles. The number of aromatic nitrogens is 1. The fourth-order valence-corrected chi connectivity index (χ4v) is 3.05. The second-order valence-corrected chi connectivity index (χ2v) is 6.38. The Balaban J connectivity index is 1.89. The van der Waals surface area contributed by atoms with Crippen LogP contribution in [0.15, 0.2) is 16.7 Å². The van der Waals surface area contributed by atoms with Crippen molar-refractivity contribution in [2.75, 3.05) is 58.3 Å². The topological polar surface area (TPSA) is 22.6 Å². The maximum Gasteiger partial charge on any atom is 0.143 e. The van der Waals surface area contributed by atoms with Gasteiger partial charge in [-0.1, -0.05) is 11.6 Å². The standard InChI is InChI=1S/C13H20BrClN4/c1-17(2)3-4-18-5-7-19(8-6-18)13-12(14)9-11(15)10-16-13/h9-10H,3-8H2,1-2H3. The molecule has 1 aromatic heterocycles. The zero-order valence-electron chi connectivity index (χ0n) is 11.4. The smallest absolute Gasteiger partial charge is 0.143 e. The van der Waals surface area contributed by atoms with E-state index in [9.17, 15) is 0 Å². The van der Waals surface area contributed by atoms with Crippen molar-refractivity contribution >= 4 is 33.3 Å². The lowest BCUT2D eigenvalue weighted by molar-refractivity contribution is 0.229. The zero-order valence-corrected chi connectivity index (χ0v) is 13.8. The van der Waals surface area contributed by atoms with Crippen molar-refractivity contribution in [3.8, 4) is 0 Å². The van der Waals surface area contributed by atoms with Crippen LogP contribution in [0.5, 0.6) is 0 Å². The first-order valence-electron chi connectivity index (χ1n) is 6.49. The number of hydrogen-bond donors (Lipinski definition) is 0. The van der Waals surface area contributed by atoms with Crippen molar-refractivity contribution in [2.45, 2.75) is 0 Å². The van der Waals surface area contributed by atoms with Gasteiger partial charge in [0.25, 0.3) is 0 Å². The third-order valence-electron chi connectivity index (χ3n) is 3.32. The van der Waals surface area contributed by atoms with E-state index in [1.807, 2.05) is 6.07 Å². The van der Waals surface area contributed by atoms with E-state index in [4.69, 9.17) is 11.6 Å². The van der Waals surface area contributed by atoms with Gasteiger partial charge in [-0.05, 0) is 36.1 Å². The highest BCUT2D eigenvalue weighted by Crippen LogP contribution is 2.27. The van der Waals surface area contributed by atoms with E-state index in [1.165, 1.54) is 0 Å². The van der Waals surface area contributed by atoms with Gasteiger partial charge in [-0.15, -0.1) is 0 Å². The minimum Gasteiger partial charge on any atom is -0.353 e. The summed E-state index contributed by atoms with van der Waals surface area (Å²) in [6.45, 7) is 6.45. The number of hydrogen-bond acceptors (Lipinski definition) is 4. The zero-order chi connectivity index (χ0) is 13.8. The third-order valence-corrected chi connectivity index (χ3v) is 4.11. The first-order valence-corrected chi connectivity index (χ1v) is 7.66. The van der Waals surface area contributed by atoms with Crippen molar-refractivity contribution in [1.29, 1.82) is 0 Å². The molecule has 19 heavy (non-hydrogen) atoms. The fraction of sp³-hybridized carbons (Fsp3) is 0.615. The van der Waals surface area contributed by atoms with Crippen molar-refractivity contribution < 1.29 is 0 Å². The van der Waals surface area contributed by atoms with Crippen LogP contribution in [0.4, 0.5) is 5.82 Å². The lowest BCUT2D eigenvalue weighted by Gasteiger charge is -2.36. The molecule has 106 valence electrons. The maximum atomic E-state index is 5.93. The van der Waals surface area contributed by atoms with Crippen LogP contribution in [0.1, 0.15) is 0 Å². The number of piperazine rings is 1. The summed E-state index contributed by atoms with van der Waals surface area (Å²) >= 11 is 9.46. The Labute approximate surface area is 128 Å². The molecular formula is C13H20BrClN4. The van der Waals surface area contributed by atoms with E-state index in [0.717, 1.165) is 49.6 Å². The van der Waals surface area contributed by atoms with E-state index in [1.54, 1.807) is 6.20 Å². The molecule has 4 nitrogen and oxygen atoms in total. The molecule has 1 aliphatic rings. The lowest BCUT2D eigenvalue weighted by atomic mass is 10.3. The molecule has 1 fully saturated rings. The molecule has 2 rings (SSSR count). The Morgan fingerprint density at radius 2 is 2.00 bits per heavy atom. The first-order chi connectivity index (χ1) is 9.06. The Bertz CT molecular complexity index is 419. The van der Waals surface area contributed by atoms with Crippen LogP contribution in [-0.4, -0.2) is 68.1 Å². The minimum atomic E-state index is 0.667. The SMILES string of the molecule is CN(C)CCN1CCN(c2ncc(Cl)cc2Br)CC1. The normalized spacial score (nSPS) is 17.2. The van der Waals surface area contributed by atoms with E-state index in [2.05, 4.69) is 49.7 Å². The molecule has 2 heterocycles. The molecule has 0 saturated carbocycles. The average Bonchev–Trinajstić information content (AvgIpc) is 2.37. The van der Waals surface area contributed by atoms with Gasteiger partial charge in [0.1, 0.15) is 5.82 Å². The quantitative estimate of drug-likeness (QED) is 0.832. The van der Waals surface area contributed by atoms with Crippen LogP contribution >= 0.6 is 27.5 Å². The van der Waals surface area contributed by atoms with E-state index in [0.29, 0.717) is 5.02 Å². The number of halogens is 2. The van der Waals surface area contributed by atoms with E-state index < -0.39 is 0 Å². The average molecular weight is 348 g/mol. The third kappa shape index (κ3) is 4.31. The molecule has 0 N–H and O–H groups in total. The number of pyridine rings is 1. The molecule has 6 heteroatoms. The molecule has 0 spiro atoms. The Kier molecular flexibility index (Phi) is 5.45. The van der Waals surface area contributed by atoms with Gasteiger partial charge in [-0.25, -0.2) is 4.98 Å². The van der Waals surface area contributed by atoms with Crippen molar-refractivity contribution in [3.05, 3.63) is 21.8 Å². The molecular weight excluding hydrogens is 328 g/mol. The second kappa shape index (κ2) is 6.88. The molecule has 1 aromatic rings. The van der Waals surface area contributed by atoms with Crippen LogP contribution in [0.25, 0.3) is 0 Å². The monoisotopic (exact) mass is 346 g/mol. The fourth-order valence-electron chi connectivity index (χ4n) is 2.16. The van der Waals surface area contributed by atoms with Crippen molar-refractivity contribution in [3.63, 3.8) is 0 Å². The summed E-state index contributed by atoms with van der Waals surface area (Å²) < 4.78 is 0.974. The van der Waals surface area contributed by atoms with Gasteiger partial charge >= 0.3 is 0 Å². The predicted molar refractivity (Wildman–Crippen MR) is 84.2 cm³/mol. The summed E-state index contributed by atoms with van der Waals surface area (Å²) in [6, 6.07) is 1.91. The predicted octanol–water partition coefficient (Wildman–Crippen LogP) is 2.18. The number of rotatable bonds is 4. The summed E-state index contributed by atoms with van der Waals surface area (Å²) in [7, 11) is 4.23. The van der Waals surface area contributed by atoms with Gasteiger partial charge < -0.3 is 9.80 Å². The molecule has 0 bridgehead atoms. The van der Waals surface area contributed by atoms with Crippen LogP contribution in [0.3, 0.4) is 0 Å². The maximum absolute atomic E-state index is 5.93. The largest absolute Gasteiger partial charge is 0.353 e. The first kappa shape index (κ1) is 15.0. The van der Waals surface area contributed by atoms with Gasteiger partial charge in [0.2, 0.25) is 0 Å². The number of nitrogens with zero attached hydrogens (tertiary/aromatic N) is 4. The minimum absolute atomic E-state index is 0.667. The van der Waals surface area contributed by atoms with E-state index >= 15 is 0 Å². The van der Waals surface area contributed by atoms with Gasteiger partial charge in [0.05, 0.1) is 9.50 Å². The molecule has 0 unspecified atom stereocenters. The second-order valence-electron chi connectivity index (χ2n) is 5.09. The van der Waals surface area contributed by atoms with E-state index in [-0.39, 0.29) is 0 Å². The van der Waals surface area contributed by atoms with Gasteiger partial charge in [-0.3, -0.25) is 4.90 Å². The lowest BCUT2D eigenvalue weighted by Crippen LogP contribution is -2.48. The summed E-state index contributed by atoms with van der Waals surface area (Å²) in [4.78, 5) is 11.5. The van der Waals surface area contributed by atoms with Gasteiger partial charge in [0.15, 0.2) is 0 Å². The Hall–Kier alpha value is -0.360. The van der Waals surface area contributed by atoms with Crippen LogP contribution in [0, 0.1) is 0 Å². The summed E-state index contributed by atoms with van der Waals surface area (Å²) in [6.07, 6.45) is 1.71. The van der Waals surface area contributed by atoms with Crippen molar-refractivity contribution in [1.82, 2.24) is 14.8 Å². The van der Waals surface area contributed by atoms with Gasteiger partial charge in [0, 0.05) is 45.5 Å².